The minimum atomic E-state index is 0.569. The van der Waals surface area contributed by atoms with Gasteiger partial charge in [-0.3, -0.25) is 0 Å². The van der Waals surface area contributed by atoms with Gasteiger partial charge in [-0.2, -0.15) is 0 Å². The lowest BCUT2D eigenvalue weighted by Gasteiger charge is -2.10. The molecule has 1 N–H and O–H groups in total. The molecule has 2 aliphatic rings. The fraction of sp³-hybridized carbons (Fsp3) is 1.00. The highest BCUT2D eigenvalue weighted by atomic mass is 16.5. The molecule has 2 heteroatoms. The van der Waals surface area contributed by atoms with Crippen LogP contribution in [0.15, 0.2) is 0 Å². The van der Waals surface area contributed by atoms with Crippen molar-refractivity contribution in [1.82, 2.24) is 5.32 Å². The van der Waals surface area contributed by atoms with Gasteiger partial charge >= 0.3 is 0 Å². The van der Waals surface area contributed by atoms with E-state index in [1.807, 2.05) is 0 Å². The zero-order valence-corrected chi connectivity index (χ0v) is 8.10. The van der Waals surface area contributed by atoms with Gasteiger partial charge in [-0.25, -0.2) is 0 Å². The van der Waals surface area contributed by atoms with E-state index in [-0.39, 0.29) is 0 Å². The second kappa shape index (κ2) is 3.00. The molecule has 0 spiro atoms. The van der Waals surface area contributed by atoms with E-state index < -0.39 is 0 Å². The van der Waals surface area contributed by atoms with Gasteiger partial charge in [0.2, 0.25) is 0 Å². The first-order chi connectivity index (χ1) is 5.68. The fourth-order valence-corrected chi connectivity index (χ4v) is 1.87. The molecule has 2 rings (SSSR count). The fourth-order valence-electron chi connectivity index (χ4n) is 1.87. The van der Waals surface area contributed by atoms with Crippen LogP contribution in [0.5, 0.6) is 0 Å². The summed E-state index contributed by atoms with van der Waals surface area (Å²) in [5.41, 5.74) is 0.569. The first-order valence-electron chi connectivity index (χ1n) is 4.99. The number of hydrogen-bond acceptors (Lipinski definition) is 2. The highest BCUT2D eigenvalue weighted by Gasteiger charge is 2.45. The van der Waals surface area contributed by atoms with Crippen molar-refractivity contribution in [2.45, 2.75) is 32.7 Å². The third kappa shape index (κ3) is 1.80. The van der Waals surface area contributed by atoms with E-state index in [1.165, 1.54) is 12.8 Å². The Morgan fingerprint density at radius 1 is 1.50 bits per heavy atom. The molecule has 12 heavy (non-hydrogen) atoms. The lowest BCUT2D eigenvalue weighted by atomic mass is 10.1. The average Bonchev–Trinajstić information content (AvgIpc) is 2.54. The molecule has 2 atom stereocenters. The Morgan fingerprint density at radius 3 is 2.75 bits per heavy atom. The van der Waals surface area contributed by atoms with E-state index in [1.54, 1.807) is 0 Å². The van der Waals surface area contributed by atoms with Crippen LogP contribution >= 0.6 is 0 Å². The van der Waals surface area contributed by atoms with Crippen molar-refractivity contribution in [3.63, 3.8) is 0 Å². The van der Waals surface area contributed by atoms with E-state index in [2.05, 4.69) is 19.2 Å². The molecule has 1 saturated carbocycles. The van der Waals surface area contributed by atoms with Crippen LogP contribution in [0.1, 0.15) is 26.7 Å². The molecular weight excluding hydrogens is 150 g/mol. The predicted molar refractivity (Wildman–Crippen MR) is 49.1 cm³/mol. The van der Waals surface area contributed by atoms with Gasteiger partial charge < -0.3 is 10.1 Å². The Bertz CT molecular complexity index is 156. The normalized spacial score (nSPS) is 38.5. The SMILES string of the molecule is CC1(C)CC1NCC1CCOC1. The van der Waals surface area contributed by atoms with Crippen LogP contribution in [0.25, 0.3) is 0 Å². The Morgan fingerprint density at radius 2 is 2.25 bits per heavy atom. The molecule has 0 bridgehead atoms. The zero-order valence-electron chi connectivity index (χ0n) is 8.10. The quantitative estimate of drug-likeness (QED) is 0.689. The van der Waals surface area contributed by atoms with E-state index in [9.17, 15) is 0 Å². The van der Waals surface area contributed by atoms with Crippen molar-refractivity contribution in [3.05, 3.63) is 0 Å². The smallest absolute Gasteiger partial charge is 0.0507 e. The summed E-state index contributed by atoms with van der Waals surface area (Å²) in [4.78, 5) is 0. The first kappa shape index (κ1) is 8.52. The summed E-state index contributed by atoms with van der Waals surface area (Å²) in [5, 5.41) is 3.61. The number of nitrogens with one attached hydrogen (secondary N) is 1. The molecule has 1 aliphatic heterocycles. The van der Waals surface area contributed by atoms with E-state index in [0.29, 0.717) is 5.41 Å². The molecule has 1 saturated heterocycles. The van der Waals surface area contributed by atoms with Crippen LogP contribution in [-0.2, 0) is 4.74 Å². The molecule has 70 valence electrons. The summed E-state index contributed by atoms with van der Waals surface area (Å²) in [6.07, 6.45) is 2.60. The third-order valence-electron chi connectivity index (χ3n) is 3.19. The zero-order chi connectivity index (χ0) is 8.60. The van der Waals surface area contributed by atoms with E-state index in [4.69, 9.17) is 4.74 Å². The first-order valence-corrected chi connectivity index (χ1v) is 4.99. The van der Waals surface area contributed by atoms with Crippen LogP contribution in [-0.4, -0.2) is 25.8 Å². The van der Waals surface area contributed by atoms with E-state index in [0.717, 1.165) is 31.7 Å². The molecule has 2 fully saturated rings. The van der Waals surface area contributed by atoms with Crippen molar-refractivity contribution >= 4 is 0 Å². The minimum Gasteiger partial charge on any atom is -0.381 e. The largest absolute Gasteiger partial charge is 0.381 e. The van der Waals surface area contributed by atoms with E-state index >= 15 is 0 Å². The van der Waals surface area contributed by atoms with Gasteiger partial charge in [0.25, 0.3) is 0 Å². The van der Waals surface area contributed by atoms with Gasteiger partial charge in [0.15, 0.2) is 0 Å². The molecule has 1 heterocycles. The van der Waals surface area contributed by atoms with Crippen LogP contribution in [0.2, 0.25) is 0 Å². The summed E-state index contributed by atoms with van der Waals surface area (Å²) in [5.74, 6) is 0.779. The second-order valence-electron chi connectivity index (χ2n) is 4.88. The maximum Gasteiger partial charge on any atom is 0.0507 e. The number of rotatable bonds is 3. The van der Waals surface area contributed by atoms with Crippen molar-refractivity contribution in [3.8, 4) is 0 Å². The summed E-state index contributed by atoms with van der Waals surface area (Å²) in [6, 6.07) is 0.776. The highest BCUT2D eigenvalue weighted by Crippen LogP contribution is 2.44. The minimum absolute atomic E-state index is 0.569. The number of ether oxygens (including phenoxy) is 1. The molecule has 0 amide bonds. The van der Waals surface area contributed by atoms with Crippen molar-refractivity contribution in [1.29, 1.82) is 0 Å². The lowest BCUT2D eigenvalue weighted by molar-refractivity contribution is 0.185. The molecule has 0 aromatic carbocycles. The van der Waals surface area contributed by atoms with Crippen molar-refractivity contribution in [2.75, 3.05) is 19.8 Å². The highest BCUT2D eigenvalue weighted by molar-refractivity contribution is 5.01. The molecule has 0 aromatic heterocycles. The molecule has 2 unspecified atom stereocenters. The monoisotopic (exact) mass is 169 g/mol. The van der Waals surface area contributed by atoms with Crippen molar-refractivity contribution < 1.29 is 4.74 Å². The predicted octanol–water partition coefficient (Wildman–Crippen LogP) is 1.41. The van der Waals surface area contributed by atoms with Crippen LogP contribution in [0.4, 0.5) is 0 Å². The topological polar surface area (TPSA) is 21.3 Å². The Kier molecular flexibility index (Phi) is 2.13. The second-order valence-corrected chi connectivity index (χ2v) is 4.88. The summed E-state index contributed by atoms with van der Waals surface area (Å²) < 4.78 is 5.32. The van der Waals surface area contributed by atoms with Gasteiger partial charge in [0.1, 0.15) is 0 Å². The van der Waals surface area contributed by atoms with Gasteiger partial charge in [-0.15, -0.1) is 0 Å². The molecule has 2 nitrogen and oxygen atoms in total. The number of hydrogen-bond donors (Lipinski definition) is 1. The van der Waals surface area contributed by atoms with Gasteiger partial charge in [-0.05, 0) is 24.2 Å². The Hall–Kier alpha value is -0.0800. The molecule has 0 aromatic rings. The van der Waals surface area contributed by atoms with Gasteiger partial charge in [0, 0.05) is 19.2 Å². The lowest BCUT2D eigenvalue weighted by Crippen LogP contribution is -2.27. The maximum absolute atomic E-state index is 5.32. The van der Waals surface area contributed by atoms with Crippen molar-refractivity contribution in [2.24, 2.45) is 11.3 Å². The molecule has 0 radical (unpaired) electrons. The molecular formula is C10H19NO. The van der Waals surface area contributed by atoms with Crippen LogP contribution in [0, 0.1) is 11.3 Å². The van der Waals surface area contributed by atoms with Crippen LogP contribution in [0.3, 0.4) is 0 Å². The average molecular weight is 169 g/mol. The Balaban J connectivity index is 1.63. The summed E-state index contributed by atoms with van der Waals surface area (Å²) >= 11 is 0. The third-order valence-corrected chi connectivity index (χ3v) is 3.19. The summed E-state index contributed by atoms with van der Waals surface area (Å²) in [7, 11) is 0. The molecule has 1 aliphatic carbocycles. The summed E-state index contributed by atoms with van der Waals surface area (Å²) in [6.45, 7) is 7.76. The Labute approximate surface area is 74.7 Å². The van der Waals surface area contributed by atoms with Gasteiger partial charge in [0.05, 0.1) is 6.61 Å². The standard InChI is InChI=1S/C10H19NO/c1-10(2)5-9(10)11-6-8-3-4-12-7-8/h8-9,11H,3-7H2,1-2H3. The maximum atomic E-state index is 5.32. The van der Waals surface area contributed by atoms with Gasteiger partial charge in [-0.1, -0.05) is 13.8 Å². The van der Waals surface area contributed by atoms with Crippen LogP contribution < -0.4 is 5.32 Å².